The fourth-order valence-electron chi connectivity index (χ4n) is 5.26. The lowest BCUT2D eigenvalue weighted by Gasteiger charge is -2.35. The number of thiazole rings is 1. The van der Waals surface area contributed by atoms with Crippen LogP contribution in [0.25, 0.3) is 10.6 Å². The highest BCUT2D eigenvalue weighted by molar-refractivity contribution is 7.87. The van der Waals surface area contributed by atoms with Crippen LogP contribution in [-0.4, -0.2) is 79.8 Å². The third kappa shape index (κ3) is 8.77. The summed E-state index contributed by atoms with van der Waals surface area (Å²) in [6.07, 6.45) is 6.42. The summed E-state index contributed by atoms with van der Waals surface area (Å²) in [6.45, 7) is 4.22. The van der Waals surface area contributed by atoms with Gasteiger partial charge in [-0.05, 0) is 81.2 Å². The molecule has 11 nitrogen and oxygen atoms in total. The van der Waals surface area contributed by atoms with Gasteiger partial charge in [0.2, 0.25) is 11.8 Å². The standard InChI is InChI=1S/C30H36ClFN6O5S2/c1-37-27(29(40)35-21-8-11-25(32)24(31)16-21)17-26(36-45(37,41)42)28(39)33-18-23-19-34-30(44-23)20-6-9-22(10-7-20)43-15-5-14-38-12-3-2-4-13-38/h6-11,16,19,26-27,36H,2-5,12-15,17-18H2,1H3,(H,33,39)(H,35,40). The Morgan fingerprint density at radius 1 is 1.13 bits per heavy atom. The van der Waals surface area contributed by atoms with Crippen molar-refractivity contribution >= 4 is 50.6 Å². The average molecular weight is 679 g/mol. The zero-order chi connectivity index (χ0) is 32.0. The molecule has 0 aliphatic carbocycles. The van der Waals surface area contributed by atoms with Crippen LogP contribution >= 0.6 is 22.9 Å². The van der Waals surface area contributed by atoms with Gasteiger partial charge in [0.25, 0.3) is 10.2 Å². The zero-order valence-electron chi connectivity index (χ0n) is 24.8. The van der Waals surface area contributed by atoms with E-state index in [4.69, 9.17) is 16.3 Å². The number of nitrogens with zero attached hydrogens (tertiary/aromatic N) is 3. The number of nitrogens with one attached hydrogen (secondary N) is 3. The molecule has 2 aliphatic heterocycles. The van der Waals surface area contributed by atoms with E-state index in [0.717, 1.165) is 44.5 Å². The molecule has 3 N–H and O–H groups in total. The minimum absolute atomic E-state index is 0.122. The molecule has 2 unspecified atom stereocenters. The lowest BCUT2D eigenvalue weighted by atomic mass is 10.1. The van der Waals surface area contributed by atoms with E-state index in [9.17, 15) is 22.4 Å². The van der Waals surface area contributed by atoms with Crippen molar-refractivity contribution < 1.29 is 27.1 Å². The van der Waals surface area contributed by atoms with Gasteiger partial charge in [0, 0.05) is 35.9 Å². The molecule has 2 aliphatic rings. The second kappa shape index (κ2) is 15.0. The number of hydrogen-bond acceptors (Lipinski definition) is 8. The molecular formula is C30H36ClFN6O5S2. The Kier molecular flexibility index (Phi) is 11.1. The van der Waals surface area contributed by atoms with Crippen molar-refractivity contribution in [2.75, 3.05) is 38.6 Å². The number of rotatable bonds is 11. The molecule has 2 fully saturated rings. The predicted octanol–water partition coefficient (Wildman–Crippen LogP) is 4.02. The first-order chi connectivity index (χ1) is 21.6. The molecule has 2 aromatic carbocycles. The van der Waals surface area contributed by atoms with E-state index in [2.05, 4.69) is 25.2 Å². The van der Waals surface area contributed by atoms with Gasteiger partial charge < -0.3 is 20.3 Å². The number of benzene rings is 2. The summed E-state index contributed by atoms with van der Waals surface area (Å²) in [7, 11) is -2.89. The van der Waals surface area contributed by atoms with Gasteiger partial charge in [0.1, 0.15) is 28.7 Å². The van der Waals surface area contributed by atoms with Crippen molar-refractivity contribution in [3.63, 3.8) is 0 Å². The van der Waals surface area contributed by atoms with Crippen LogP contribution in [0.4, 0.5) is 10.1 Å². The van der Waals surface area contributed by atoms with Crippen LogP contribution in [0.3, 0.4) is 0 Å². The lowest BCUT2D eigenvalue weighted by molar-refractivity contribution is -0.124. The smallest absolute Gasteiger partial charge is 0.280 e. The molecule has 2 atom stereocenters. The zero-order valence-corrected chi connectivity index (χ0v) is 27.2. The third-order valence-electron chi connectivity index (χ3n) is 7.80. The Hall–Kier alpha value is -3.14. The highest BCUT2D eigenvalue weighted by Crippen LogP contribution is 2.27. The molecule has 5 rings (SSSR count). The Morgan fingerprint density at radius 3 is 2.62 bits per heavy atom. The van der Waals surface area contributed by atoms with E-state index in [1.165, 1.54) is 62.9 Å². The molecule has 0 radical (unpaired) electrons. The normalized spacial score (nSPS) is 20.4. The summed E-state index contributed by atoms with van der Waals surface area (Å²) < 4.78 is 48.0. The van der Waals surface area contributed by atoms with Crippen molar-refractivity contribution in [2.45, 2.75) is 50.7 Å². The number of likely N-dealkylation sites (tertiary alicyclic amines) is 1. The van der Waals surface area contributed by atoms with Gasteiger partial charge in [-0.25, -0.2) is 9.37 Å². The van der Waals surface area contributed by atoms with Gasteiger partial charge in [-0.2, -0.15) is 17.4 Å². The molecule has 0 saturated carbocycles. The first-order valence-electron chi connectivity index (χ1n) is 14.8. The fourth-order valence-corrected chi connectivity index (χ4v) is 7.54. The van der Waals surface area contributed by atoms with Crippen molar-refractivity contribution in [3.05, 3.63) is 64.4 Å². The Bertz CT molecular complexity index is 1600. The topological polar surface area (TPSA) is 133 Å². The van der Waals surface area contributed by atoms with E-state index in [1.807, 2.05) is 24.3 Å². The van der Waals surface area contributed by atoms with Gasteiger partial charge in [-0.1, -0.05) is 18.0 Å². The molecule has 3 aromatic rings. The maximum atomic E-state index is 13.5. The van der Waals surface area contributed by atoms with Crippen LogP contribution in [0.5, 0.6) is 5.75 Å². The van der Waals surface area contributed by atoms with E-state index in [0.29, 0.717) is 6.61 Å². The van der Waals surface area contributed by atoms with Crippen LogP contribution in [0.1, 0.15) is 37.0 Å². The summed E-state index contributed by atoms with van der Waals surface area (Å²) >= 11 is 7.19. The van der Waals surface area contributed by atoms with Crippen molar-refractivity contribution in [2.24, 2.45) is 0 Å². The van der Waals surface area contributed by atoms with Crippen molar-refractivity contribution in [1.82, 2.24) is 24.2 Å². The second-order valence-corrected chi connectivity index (χ2v) is 14.3. The Labute approximate surface area is 271 Å². The van der Waals surface area contributed by atoms with Gasteiger partial charge in [-0.15, -0.1) is 11.3 Å². The van der Waals surface area contributed by atoms with E-state index < -0.39 is 39.9 Å². The first kappa shape index (κ1) is 33.2. The molecule has 0 spiro atoms. The average Bonchev–Trinajstić information content (AvgIpc) is 3.51. The van der Waals surface area contributed by atoms with Crippen molar-refractivity contribution in [3.8, 4) is 16.3 Å². The minimum Gasteiger partial charge on any atom is -0.494 e. The van der Waals surface area contributed by atoms with Crippen LogP contribution in [-0.2, 0) is 26.3 Å². The SMILES string of the molecule is CN1C(C(=O)Nc2ccc(F)c(Cl)c2)CC(C(=O)NCc2cnc(-c3ccc(OCCCN4CCCCC4)cc3)s2)NS1(=O)=O. The number of carbonyl (C=O) groups excluding carboxylic acids is 2. The Morgan fingerprint density at radius 2 is 1.89 bits per heavy atom. The van der Waals surface area contributed by atoms with Crippen LogP contribution < -0.4 is 20.1 Å². The number of carbonyl (C=O) groups is 2. The highest BCUT2D eigenvalue weighted by atomic mass is 35.5. The maximum absolute atomic E-state index is 13.5. The van der Waals surface area contributed by atoms with Gasteiger partial charge in [-0.3, -0.25) is 9.59 Å². The molecule has 0 bridgehead atoms. The summed E-state index contributed by atoms with van der Waals surface area (Å²) in [5, 5.41) is 5.86. The molecule has 45 heavy (non-hydrogen) atoms. The molecule has 3 heterocycles. The monoisotopic (exact) mass is 678 g/mol. The minimum atomic E-state index is -4.13. The molecule has 2 amide bonds. The third-order valence-corrected chi connectivity index (χ3v) is 10.7. The van der Waals surface area contributed by atoms with Crippen molar-refractivity contribution in [1.29, 1.82) is 0 Å². The summed E-state index contributed by atoms with van der Waals surface area (Å²) in [5.41, 5.74) is 1.11. The van der Waals surface area contributed by atoms with E-state index in [1.54, 1.807) is 6.20 Å². The highest BCUT2D eigenvalue weighted by Gasteiger charge is 2.42. The molecule has 1 aromatic heterocycles. The first-order valence-corrected chi connectivity index (χ1v) is 17.4. The molecule has 242 valence electrons. The number of amides is 2. The number of anilines is 1. The quantitative estimate of drug-likeness (QED) is 0.261. The Balaban J connectivity index is 1.11. The number of halogens is 2. The van der Waals surface area contributed by atoms with Crippen LogP contribution in [0, 0.1) is 5.82 Å². The van der Waals surface area contributed by atoms with Gasteiger partial charge in [0.15, 0.2) is 0 Å². The maximum Gasteiger partial charge on any atom is 0.280 e. The molecular weight excluding hydrogens is 643 g/mol. The van der Waals surface area contributed by atoms with E-state index >= 15 is 0 Å². The summed E-state index contributed by atoms with van der Waals surface area (Å²) in [5.74, 6) is -1.11. The van der Waals surface area contributed by atoms with Crippen LogP contribution in [0.2, 0.25) is 5.02 Å². The number of piperidine rings is 1. The second-order valence-electron chi connectivity index (χ2n) is 11.0. The number of aromatic nitrogens is 1. The largest absolute Gasteiger partial charge is 0.494 e. The number of likely N-dealkylation sites (N-methyl/N-ethyl adjacent to an activating group) is 1. The lowest BCUT2D eigenvalue weighted by Crippen LogP contribution is -2.62. The van der Waals surface area contributed by atoms with E-state index in [-0.39, 0.29) is 23.7 Å². The predicted molar refractivity (Wildman–Crippen MR) is 172 cm³/mol. The number of hydrogen-bond donors (Lipinski definition) is 3. The van der Waals surface area contributed by atoms with Gasteiger partial charge in [0.05, 0.1) is 18.2 Å². The summed E-state index contributed by atoms with van der Waals surface area (Å²) in [4.78, 5) is 33.7. The molecule has 15 heteroatoms. The van der Waals surface area contributed by atoms with Gasteiger partial charge >= 0.3 is 0 Å². The molecule has 2 saturated heterocycles. The van der Waals surface area contributed by atoms with Crippen LogP contribution in [0.15, 0.2) is 48.7 Å². The number of ether oxygens (including phenoxy) is 1. The summed E-state index contributed by atoms with van der Waals surface area (Å²) in [6, 6.07) is 8.97. The fraction of sp³-hybridized carbons (Fsp3) is 0.433.